The summed E-state index contributed by atoms with van der Waals surface area (Å²) in [6.45, 7) is 4.68. The summed E-state index contributed by atoms with van der Waals surface area (Å²) in [4.78, 5) is 24.0. The molecule has 7 nitrogen and oxygen atoms in total. The third-order valence-corrected chi connectivity index (χ3v) is 3.01. The van der Waals surface area contributed by atoms with Crippen LogP contribution in [0.15, 0.2) is 12.1 Å². The Balaban J connectivity index is 3.31. The maximum atomic E-state index is 12.1. The SMILES string of the molecule is CCN(CC)C(=O)c1cc(Cl)c(NN)c([N+](=O)[O-])c1. The van der Waals surface area contributed by atoms with Gasteiger partial charge in [0.15, 0.2) is 0 Å². The van der Waals surface area contributed by atoms with Crippen LogP contribution in [0.2, 0.25) is 5.02 Å². The van der Waals surface area contributed by atoms with Crippen LogP contribution < -0.4 is 11.3 Å². The first-order valence-corrected chi connectivity index (χ1v) is 6.07. The van der Waals surface area contributed by atoms with Gasteiger partial charge in [-0.1, -0.05) is 11.6 Å². The quantitative estimate of drug-likeness (QED) is 0.490. The molecule has 0 atom stereocenters. The first-order valence-electron chi connectivity index (χ1n) is 5.70. The van der Waals surface area contributed by atoms with Crippen molar-refractivity contribution in [1.29, 1.82) is 0 Å². The first-order chi connectivity index (χ1) is 8.96. The largest absolute Gasteiger partial charge is 0.339 e. The van der Waals surface area contributed by atoms with Crippen molar-refractivity contribution in [2.24, 2.45) is 5.84 Å². The lowest BCUT2D eigenvalue weighted by molar-refractivity contribution is -0.384. The fourth-order valence-electron chi connectivity index (χ4n) is 1.70. The Kier molecular flexibility index (Phi) is 5.08. The Bertz CT molecular complexity index is 503. The summed E-state index contributed by atoms with van der Waals surface area (Å²) in [5, 5.41) is 11.0. The van der Waals surface area contributed by atoms with E-state index in [1.807, 2.05) is 13.8 Å². The summed E-state index contributed by atoms with van der Waals surface area (Å²) in [5.74, 6) is 4.89. The van der Waals surface area contributed by atoms with Gasteiger partial charge in [0.1, 0.15) is 5.69 Å². The number of nitro groups is 1. The minimum atomic E-state index is -0.639. The Morgan fingerprint density at radius 3 is 2.47 bits per heavy atom. The van der Waals surface area contributed by atoms with Gasteiger partial charge >= 0.3 is 0 Å². The highest BCUT2D eigenvalue weighted by molar-refractivity contribution is 6.34. The summed E-state index contributed by atoms with van der Waals surface area (Å²) in [7, 11) is 0. The molecular weight excluding hydrogens is 272 g/mol. The van der Waals surface area contributed by atoms with Crippen molar-refractivity contribution in [3.63, 3.8) is 0 Å². The molecule has 0 aliphatic carbocycles. The summed E-state index contributed by atoms with van der Waals surface area (Å²) in [6, 6.07) is 2.53. The van der Waals surface area contributed by atoms with E-state index in [1.165, 1.54) is 12.1 Å². The third kappa shape index (κ3) is 3.12. The van der Waals surface area contributed by atoms with E-state index in [-0.39, 0.29) is 27.9 Å². The number of amides is 1. The highest BCUT2D eigenvalue weighted by atomic mass is 35.5. The molecule has 0 aromatic heterocycles. The highest BCUT2D eigenvalue weighted by Gasteiger charge is 2.22. The molecule has 0 spiro atoms. The summed E-state index contributed by atoms with van der Waals surface area (Å²) >= 11 is 5.90. The fraction of sp³-hybridized carbons (Fsp3) is 0.364. The van der Waals surface area contributed by atoms with E-state index >= 15 is 0 Å². The lowest BCUT2D eigenvalue weighted by atomic mass is 10.1. The van der Waals surface area contributed by atoms with E-state index in [0.717, 1.165) is 0 Å². The molecule has 0 fully saturated rings. The van der Waals surface area contributed by atoms with Crippen LogP contribution in [0.25, 0.3) is 0 Å². The molecule has 0 saturated heterocycles. The minimum absolute atomic E-state index is 0.0113. The molecule has 0 aliphatic heterocycles. The molecule has 0 aliphatic rings. The van der Waals surface area contributed by atoms with Crippen molar-refractivity contribution in [2.45, 2.75) is 13.8 Å². The smallest absolute Gasteiger partial charge is 0.295 e. The van der Waals surface area contributed by atoms with Gasteiger partial charge in [0.25, 0.3) is 11.6 Å². The van der Waals surface area contributed by atoms with Crippen LogP contribution in [0.1, 0.15) is 24.2 Å². The molecule has 0 heterocycles. The zero-order chi connectivity index (χ0) is 14.6. The normalized spacial score (nSPS) is 10.1. The Morgan fingerprint density at radius 2 is 2.05 bits per heavy atom. The average molecular weight is 287 g/mol. The van der Waals surface area contributed by atoms with Crippen molar-refractivity contribution in [2.75, 3.05) is 18.5 Å². The Morgan fingerprint density at radius 1 is 1.47 bits per heavy atom. The zero-order valence-corrected chi connectivity index (χ0v) is 11.4. The van der Waals surface area contributed by atoms with E-state index in [0.29, 0.717) is 13.1 Å². The number of carbonyl (C=O) groups is 1. The molecule has 0 bridgehead atoms. The summed E-state index contributed by atoms with van der Waals surface area (Å²) in [6.07, 6.45) is 0. The van der Waals surface area contributed by atoms with Crippen LogP contribution in [0.5, 0.6) is 0 Å². The number of hydrazine groups is 1. The molecule has 1 aromatic rings. The van der Waals surface area contributed by atoms with Gasteiger partial charge in [-0.3, -0.25) is 20.8 Å². The summed E-state index contributed by atoms with van der Waals surface area (Å²) < 4.78 is 0. The van der Waals surface area contributed by atoms with Gasteiger partial charge < -0.3 is 10.3 Å². The lowest BCUT2D eigenvalue weighted by Gasteiger charge is -2.19. The molecule has 0 saturated carbocycles. The van der Waals surface area contributed by atoms with Crippen molar-refractivity contribution in [3.05, 3.63) is 32.8 Å². The number of carbonyl (C=O) groups excluding carboxylic acids is 1. The van der Waals surface area contributed by atoms with Crippen LogP contribution in [-0.4, -0.2) is 28.8 Å². The standard InChI is InChI=1S/C11H15ClN4O3/c1-3-15(4-2)11(17)7-5-8(12)10(14-13)9(6-7)16(18)19/h5-6,14H,3-4,13H2,1-2H3. The Labute approximate surface area is 115 Å². The monoisotopic (exact) mass is 286 g/mol. The van der Waals surface area contributed by atoms with E-state index in [1.54, 1.807) is 4.90 Å². The number of nitrogens with zero attached hydrogens (tertiary/aromatic N) is 2. The fourth-order valence-corrected chi connectivity index (χ4v) is 1.96. The second-order valence-electron chi connectivity index (χ2n) is 3.73. The van der Waals surface area contributed by atoms with E-state index < -0.39 is 4.92 Å². The second kappa shape index (κ2) is 6.35. The minimum Gasteiger partial charge on any atom is -0.339 e. The number of halogens is 1. The second-order valence-corrected chi connectivity index (χ2v) is 4.14. The van der Waals surface area contributed by atoms with Crippen LogP contribution in [0, 0.1) is 10.1 Å². The van der Waals surface area contributed by atoms with Crippen LogP contribution in [0.4, 0.5) is 11.4 Å². The molecule has 1 aromatic carbocycles. The molecule has 104 valence electrons. The highest BCUT2D eigenvalue weighted by Crippen LogP contribution is 2.33. The number of rotatable bonds is 5. The average Bonchev–Trinajstić information content (AvgIpc) is 2.38. The van der Waals surface area contributed by atoms with Crippen LogP contribution >= 0.6 is 11.6 Å². The number of nitro benzene ring substituents is 1. The van der Waals surface area contributed by atoms with Gasteiger partial charge in [0, 0.05) is 24.7 Å². The number of hydrogen-bond donors (Lipinski definition) is 2. The molecule has 1 amide bonds. The van der Waals surface area contributed by atoms with Gasteiger partial charge in [-0.2, -0.15) is 0 Å². The van der Waals surface area contributed by atoms with E-state index in [2.05, 4.69) is 5.43 Å². The van der Waals surface area contributed by atoms with Gasteiger partial charge in [-0.15, -0.1) is 0 Å². The Hall–Kier alpha value is -1.86. The molecule has 0 radical (unpaired) electrons. The molecule has 19 heavy (non-hydrogen) atoms. The number of anilines is 1. The van der Waals surface area contributed by atoms with Gasteiger partial charge in [-0.05, 0) is 19.9 Å². The van der Waals surface area contributed by atoms with Crippen molar-refractivity contribution < 1.29 is 9.72 Å². The van der Waals surface area contributed by atoms with Gasteiger partial charge in [-0.25, -0.2) is 0 Å². The number of benzene rings is 1. The maximum Gasteiger partial charge on any atom is 0.295 e. The maximum absolute atomic E-state index is 12.1. The van der Waals surface area contributed by atoms with Crippen molar-refractivity contribution in [1.82, 2.24) is 4.90 Å². The van der Waals surface area contributed by atoms with Gasteiger partial charge in [0.05, 0.1) is 9.95 Å². The molecule has 0 unspecified atom stereocenters. The van der Waals surface area contributed by atoms with E-state index in [4.69, 9.17) is 17.4 Å². The van der Waals surface area contributed by atoms with Crippen LogP contribution in [-0.2, 0) is 0 Å². The number of nitrogens with one attached hydrogen (secondary N) is 1. The zero-order valence-electron chi connectivity index (χ0n) is 10.6. The molecule has 8 heteroatoms. The topological polar surface area (TPSA) is 102 Å². The van der Waals surface area contributed by atoms with E-state index in [9.17, 15) is 14.9 Å². The third-order valence-electron chi connectivity index (χ3n) is 2.71. The number of nitrogens with two attached hydrogens (primary N) is 1. The number of nitrogen functional groups attached to an aromatic ring is 1. The predicted octanol–water partition coefficient (Wildman–Crippen LogP) is 2.02. The van der Waals surface area contributed by atoms with Gasteiger partial charge in [0.2, 0.25) is 0 Å². The number of hydrogen-bond acceptors (Lipinski definition) is 5. The molecular formula is C11H15ClN4O3. The molecule has 1 rings (SSSR count). The van der Waals surface area contributed by atoms with Crippen molar-refractivity contribution in [3.8, 4) is 0 Å². The summed E-state index contributed by atoms with van der Waals surface area (Å²) in [5.41, 5.74) is 2.00. The molecule has 3 N–H and O–H groups in total. The predicted molar refractivity (Wildman–Crippen MR) is 73.2 cm³/mol. The van der Waals surface area contributed by atoms with Crippen LogP contribution in [0.3, 0.4) is 0 Å². The van der Waals surface area contributed by atoms with Crippen molar-refractivity contribution >= 4 is 28.9 Å². The lowest BCUT2D eigenvalue weighted by Crippen LogP contribution is -2.30. The first kappa shape index (κ1) is 15.2.